The number of ketones is 1. The summed E-state index contributed by atoms with van der Waals surface area (Å²) in [6, 6.07) is 8.05. The number of Topliss-reactive ketones (excluding diaryl/α,β-unsaturated/α-hetero) is 1. The average molecular weight is 381 g/mol. The third kappa shape index (κ3) is 3.36. The van der Waals surface area contributed by atoms with Crippen LogP contribution in [0.5, 0.6) is 0 Å². The van der Waals surface area contributed by atoms with Gasteiger partial charge in [-0.3, -0.25) is 14.2 Å². The molecule has 0 spiro atoms. The molecule has 0 N–H and O–H groups in total. The van der Waals surface area contributed by atoms with E-state index in [2.05, 4.69) is 6.92 Å². The van der Waals surface area contributed by atoms with Gasteiger partial charge in [-0.15, -0.1) is 11.3 Å². The van der Waals surface area contributed by atoms with Gasteiger partial charge in [0.2, 0.25) is 0 Å². The van der Waals surface area contributed by atoms with Crippen molar-refractivity contribution in [1.29, 1.82) is 0 Å². The minimum absolute atomic E-state index is 0.00445. The Balaban J connectivity index is 1.96. The summed E-state index contributed by atoms with van der Waals surface area (Å²) in [6.07, 6.45) is 3.44. The van der Waals surface area contributed by atoms with Crippen molar-refractivity contribution in [3.8, 4) is 11.4 Å². The zero-order chi connectivity index (χ0) is 19.1. The summed E-state index contributed by atoms with van der Waals surface area (Å²) in [4.78, 5) is 32.1. The molecule has 0 radical (unpaired) electrons. The Labute approximate surface area is 162 Å². The molecule has 1 aliphatic rings. The maximum atomic E-state index is 13.5. The van der Waals surface area contributed by atoms with E-state index in [4.69, 9.17) is 4.98 Å². The number of rotatable bonds is 4. The first-order valence-corrected chi connectivity index (χ1v) is 10.4. The molecule has 0 amide bonds. The molecule has 3 aromatic rings. The van der Waals surface area contributed by atoms with Crippen LogP contribution in [-0.2, 0) is 24.2 Å². The predicted molar refractivity (Wildman–Crippen MR) is 111 cm³/mol. The lowest BCUT2D eigenvalue weighted by Gasteiger charge is -2.18. The number of carbonyl (C=O) groups is 1. The van der Waals surface area contributed by atoms with Crippen LogP contribution in [0.1, 0.15) is 42.7 Å². The van der Waals surface area contributed by atoms with Gasteiger partial charge in [-0.2, -0.15) is 0 Å². The van der Waals surface area contributed by atoms with E-state index in [-0.39, 0.29) is 11.3 Å². The topological polar surface area (TPSA) is 52.0 Å². The third-order valence-corrected chi connectivity index (χ3v) is 6.53. The Morgan fingerprint density at radius 3 is 2.93 bits per heavy atom. The number of carbonyl (C=O) groups excluding carboxylic acids is 1. The zero-order valence-electron chi connectivity index (χ0n) is 16.0. The molecule has 2 heterocycles. The number of aromatic nitrogens is 2. The van der Waals surface area contributed by atoms with Gasteiger partial charge in [0.25, 0.3) is 5.56 Å². The van der Waals surface area contributed by atoms with E-state index in [1.807, 2.05) is 31.2 Å². The zero-order valence-corrected chi connectivity index (χ0v) is 16.9. The van der Waals surface area contributed by atoms with Crippen LogP contribution in [0.4, 0.5) is 0 Å². The fourth-order valence-electron chi connectivity index (χ4n) is 3.90. The first kappa shape index (κ1) is 18.1. The molecular weight excluding hydrogens is 356 g/mol. The number of fused-ring (bicyclic) bond motifs is 3. The van der Waals surface area contributed by atoms with Gasteiger partial charge in [-0.1, -0.05) is 30.7 Å². The van der Waals surface area contributed by atoms with Crippen LogP contribution in [0, 0.1) is 12.8 Å². The summed E-state index contributed by atoms with van der Waals surface area (Å²) in [5, 5.41) is 0.779. The van der Waals surface area contributed by atoms with Crippen LogP contribution in [0.2, 0.25) is 0 Å². The van der Waals surface area contributed by atoms with Gasteiger partial charge >= 0.3 is 0 Å². The SMILES string of the molecule is CC(=O)CCn1c(-c2cccc(C)c2)nc2sc3c(c2c1=O)CCC(C)C3. The van der Waals surface area contributed by atoms with Crippen molar-refractivity contribution in [2.75, 3.05) is 0 Å². The van der Waals surface area contributed by atoms with Gasteiger partial charge in [0.1, 0.15) is 16.4 Å². The van der Waals surface area contributed by atoms with Crippen LogP contribution >= 0.6 is 11.3 Å². The third-order valence-electron chi connectivity index (χ3n) is 5.38. The lowest BCUT2D eigenvalue weighted by atomic mass is 9.89. The van der Waals surface area contributed by atoms with Gasteiger partial charge in [-0.25, -0.2) is 4.98 Å². The van der Waals surface area contributed by atoms with Crippen LogP contribution in [0.3, 0.4) is 0 Å². The van der Waals surface area contributed by atoms with Crippen LogP contribution < -0.4 is 5.56 Å². The average Bonchev–Trinajstić information content (AvgIpc) is 2.98. The molecule has 1 unspecified atom stereocenters. The Hall–Kier alpha value is -2.27. The van der Waals surface area contributed by atoms with E-state index in [0.717, 1.165) is 40.6 Å². The van der Waals surface area contributed by atoms with Crippen molar-refractivity contribution in [2.24, 2.45) is 5.92 Å². The van der Waals surface area contributed by atoms with Crippen molar-refractivity contribution in [1.82, 2.24) is 9.55 Å². The molecule has 0 aliphatic heterocycles. The fraction of sp³-hybridized carbons (Fsp3) is 0.409. The molecule has 0 saturated heterocycles. The highest BCUT2D eigenvalue weighted by atomic mass is 32.1. The first-order valence-electron chi connectivity index (χ1n) is 9.55. The maximum absolute atomic E-state index is 13.5. The highest BCUT2D eigenvalue weighted by Crippen LogP contribution is 2.36. The molecule has 0 saturated carbocycles. The van der Waals surface area contributed by atoms with E-state index < -0.39 is 0 Å². The van der Waals surface area contributed by atoms with Gasteiger partial charge in [0, 0.05) is 23.4 Å². The highest BCUT2D eigenvalue weighted by Gasteiger charge is 2.25. The second-order valence-electron chi connectivity index (χ2n) is 7.75. The van der Waals surface area contributed by atoms with E-state index in [0.29, 0.717) is 24.7 Å². The standard InChI is InChI=1S/C22H24N2O2S/c1-13-5-4-6-16(11-13)20-23-21-19(22(26)24(20)10-9-15(3)25)17-8-7-14(2)12-18(17)27-21/h4-6,11,14H,7-10,12H2,1-3H3. The number of nitrogens with zero attached hydrogens (tertiary/aromatic N) is 2. The summed E-state index contributed by atoms with van der Waals surface area (Å²) < 4.78 is 1.71. The maximum Gasteiger partial charge on any atom is 0.262 e. The van der Waals surface area contributed by atoms with Gasteiger partial charge in [0.05, 0.1) is 5.39 Å². The normalized spacial score (nSPS) is 16.5. The lowest BCUT2D eigenvalue weighted by molar-refractivity contribution is -0.117. The summed E-state index contributed by atoms with van der Waals surface area (Å²) in [5.74, 6) is 1.41. The largest absolute Gasteiger partial charge is 0.300 e. The number of benzene rings is 1. The number of aryl methyl sites for hydroxylation is 2. The van der Waals surface area contributed by atoms with E-state index >= 15 is 0 Å². The van der Waals surface area contributed by atoms with E-state index in [1.165, 1.54) is 10.4 Å². The van der Waals surface area contributed by atoms with Crippen molar-refractivity contribution in [3.05, 3.63) is 50.6 Å². The molecule has 4 nitrogen and oxygen atoms in total. The molecular formula is C22H24N2O2S. The van der Waals surface area contributed by atoms with Crippen LogP contribution in [-0.4, -0.2) is 15.3 Å². The van der Waals surface area contributed by atoms with E-state index in [9.17, 15) is 9.59 Å². The summed E-state index contributed by atoms with van der Waals surface area (Å²) >= 11 is 1.67. The van der Waals surface area contributed by atoms with Gasteiger partial charge in [0.15, 0.2) is 0 Å². The van der Waals surface area contributed by atoms with Crippen molar-refractivity contribution >= 4 is 27.3 Å². The molecule has 1 aromatic carbocycles. The van der Waals surface area contributed by atoms with Crippen LogP contribution in [0.25, 0.3) is 21.6 Å². The molecule has 0 fully saturated rings. The minimum Gasteiger partial charge on any atom is -0.300 e. The van der Waals surface area contributed by atoms with Gasteiger partial charge < -0.3 is 0 Å². The smallest absolute Gasteiger partial charge is 0.262 e. The predicted octanol–water partition coefficient (Wildman–Crippen LogP) is 4.54. The number of hydrogen-bond acceptors (Lipinski definition) is 4. The monoisotopic (exact) mass is 380 g/mol. The second kappa shape index (κ2) is 7.04. The summed E-state index contributed by atoms with van der Waals surface area (Å²) in [7, 11) is 0. The fourth-order valence-corrected chi connectivity index (χ4v) is 5.28. The molecule has 27 heavy (non-hydrogen) atoms. The molecule has 0 bridgehead atoms. The summed E-state index contributed by atoms with van der Waals surface area (Å²) in [5.41, 5.74) is 3.25. The molecule has 5 heteroatoms. The number of thiophene rings is 1. The molecule has 140 valence electrons. The Morgan fingerprint density at radius 2 is 2.19 bits per heavy atom. The molecule has 2 aromatic heterocycles. The molecule has 1 atom stereocenters. The second-order valence-corrected chi connectivity index (χ2v) is 8.83. The quantitative estimate of drug-likeness (QED) is 0.668. The Kier molecular flexibility index (Phi) is 4.72. The number of hydrogen-bond donors (Lipinski definition) is 0. The lowest BCUT2D eigenvalue weighted by Crippen LogP contribution is -2.25. The Bertz CT molecular complexity index is 1090. The van der Waals surface area contributed by atoms with Crippen molar-refractivity contribution in [2.45, 2.75) is 53.0 Å². The minimum atomic E-state index is 0.00445. The summed E-state index contributed by atoms with van der Waals surface area (Å²) in [6.45, 7) is 6.24. The van der Waals surface area contributed by atoms with Gasteiger partial charge in [-0.05, 0) is 50.7 Å². The van der Waals surface area contributed by atoms with Crippen molar-refractivity contribution in [3.63, 3.8) is 0 Å². The molecule has 1 aliphatic carbocycles. The van der Waals surface area contributed by atoms with Crippen LogP contribution in [0.15, 0.2) is 29.1 Å². The highest BCUT2D eigenvalue weighted by molar-refractivity contribution is 7.18. The first-order chi connectivity index (χ1) is 12.9. The van der Waals surface area contributed by atoms with Crippen molar-refractivity contribution < 1.29 is 4.79 Å². The Morgan fingerprint density at radius 1 is 1.37 bits per heavy atom. The van der Waals surface area contributed by atoms with E-state index in [1.54, 1.807) is 22.8 Å². The molecule has 4 rings (SSSR count).